The van der Waals surface area contributed by atoms with Crippen LogP contribution in [-0.2, 0) is 11.8 Å². The maximum atomic E-state index is 12.6. The number of hydrogen-bond acceptors (Lipinski definition) is 6. The second-order valence-corrected chi connectivity index (χ2v) is 7.98. The van der Waals surface area contributed by atoms with Gasteiger partial charge in [-0.25, -0.2) is 9.97 Å². The number of nitrogens with one attached hydrogen (secondary N) is 1. The molecule has 3 aromatic rings. The van der Waals surface area contributed by atoms with E-state index in [-0.39, 0.29) is 11.8 Å². The van der Waals surface area contributed by atoms with Crippen molar-refractivity contribution in [2.45, 2.75) is 32.6 Å². The number of likely N-dealkylation sites (tertiary alicyclic amines) is 1. The van der Waals surface area contributed by atoms with Gasteiger partial charge in [0.15, 0.2) is 0 Å². The zero-order valence-electron chi connectivity index (χ0n) is 18.1. The number of amides is 1. The van der Waals surface area contributed by atoms with E-state index in [1.807, 2.05) is 56.3 Å². The summed E-state index contributed by atoms with van der Waals surface area (Å²) < 4.78 is 1.72. The minimum Gasteiger partial charge on any atom is -0.338 e. The van der Waals surface area contributed by atoms with E-state index in [2.05, 4.69) is 25.4 Å². The van der Waals surface area contributed by atoms with Crippen LogP contribution in [0.3, 0.4) is 0 Å². The fourth-order valence-electron chi connectivity index (χ4n) is 3.85. The number of aromatic nitrogens is 5. The standard InChI is InChI=1S/C23H27N7O/c1-16-11-17(2)27-23(26-16)28-20-7-8-21(24-13-20)19-5-4-10-30(15-19)22(31)9-6-18-12-25-29(3)14-18/h6-9,11-14,19H,4-5,10,15H2,1-3H3,(H,26,27,28). The Kier molecular flexibility index (Phi) is 6.06. The number of anilines is 2. The highest BCUT2D eigenvalue weighted by atomic mass is 16.2. The summed E-state index contributed by atoms with van der Waals surface area (Å²) in [5.41, 5.74) is 4.60. The van der Waals surface area contributed by atoms with Gasteiger partial charge in [-0.1, -0.05) is 0 Å². The molecule has 1 amide bonds. The molecule has 4 rings (SSSR count). The first kappa shape index (κ1) is 20.7. The zero-order valence-corrected chi connectivity index (χ0v) is 18.1. The quantitative estimate of drug-likeness (QED) is 0.640. The SMILES string of the molecule is Cc1cc(C)nc(Nc2ccc(C3CCCN(C(=O)C=Cc4cnn(C)c4)C3)nc2)n1. The maximum Gasteiger partial charge on any atom is 0.246 e. The molecule has 8 heteroatoms. The molecular weight excluding hydrogens is 390 g/mol. The molecule has 3 aromatic heterocycles. The monoisotopic (exact) mass is 417 g/mol. The number of piperidine rings is 1. The molecule has 0 radical (unpaired) electrons. The van der Waals surface area contributed by atoms with Gasteiger partial charge in [0, 0.05) is 61.0 Å². The molecule has 4 heterocycles. The van der Waals surface area contributed by atoms with Gasteiger partial charge in [0.05, 0.1) is 18.1 Å². The average molecular weight is 418 g/mol. The largest absolute Gasteiger partial charge is 0.338 e. The molecule has 1 aliphatic rings. The number of nitrogens with zero attached hydrogens (tertiary/aromatic N) is 6. The van der Waals surface area contributed by atoms with Gasteiger partial charge in [-0.15, -0.1) is 0 Å². The molecule has 0 spiro atoms. The summed E-state index contributed by atoms with van der Waals surface area (Å²) in [5.74, 6) is 0.830. The molecule has 160 valence electrons. The van der Waals surface area contributed by atoms with Crippen molar-refractivity contribution in [3.63, 3.8) is 0 Å². The third-order valence-electron chi connectivity index (χ3n) is 5.32. The topological polar surface area (TPSA) is 88.8 Å². The summed E-state index contributed by atoms with van der Waals surface area (Å²) >= 11 is 0. The Morgan fingerprint density at radius 3 is 2.68 bits per heavy atom. The normalized spacial score (nSPS) is 16.6. The summed E-state index contributed by atoms with van der Waals surface area (Å²) in [6, 6.07) is 5.95. The van der Waals surface area contributed by atoms with Crippen LogP contribution >= 0.6 is 0 Å². The Morgan fingerprint density at radius 2 is 2.00 bits per heavy atom. The molecule has 0 aliphatic carbocycles. The van der Waals surface area contributed by atoms with Crippen molar-refractivity contribution < 1.29 is 4.79 Å². The lowest BCUT2D eigenvalue weighted by atomic mass is 9.94. The van der Waals surface area contributed by atoms with E-state index in [4.69, 9.17) is 0 Å². The van der Waals surface area contributed by atoms with Crippen LogP contribution < -0.4 is 5.32 Å². The van der Waals surface area contributed by atoms with Crippen LogP contribution in [0.4, 0.5) is 11.6 Å². The molecule has 0 saturated carbocycles. The maximum absolute atomic E-state index is 12.6. The molecular formula is C23H27N7O. The number of pyridine rings is 1. The van der Waals surface area contributed by atoms with E-state index in [1.165, 1.54) is 0 Å². The second kappa shape index (κ2) is 9.07. The molecule has 1 fully saturated rings. The smallest absolute Gasteiger partial charge is 0.246 e. The van der Waals surface area contributed by atoms with Crippen molar-refractivity contribution in [1.82, 2.24) is 29.6 Å². The van der Waals surface area contributed by atoms with E-state index in [0.717, 1.165) is 47.7 Å². The third kappa shape index (κ3) is 5.33. The lowest BCUT2D eigenvalue weighted by Crippen LogP contribution is -2.38. The summed E-state index contributed by atoms with van der Waals surface area (Å²) in [7, 11) is 1.86. The van der Waals surface area contributed by atoms with Crippen LogP contribution in [0.5, 0.6) is 0 Å². The molecule has 0 aromatic carbocycles. The number of carbonyl (C=O) groups is 1. The van der Waals surface area contributed by atoms with E-state index in [0.29, 0.717) is 12.5 Å². The van der Waals surface area contributed by atoms with Gasteiger partial charge in [-0.3, -0.25) is 14.5 Å². The molecule has 1 unspecified atom stereocenters. The Bertz CT molecular complexity index is 1070. The summed E-state index contributed by atoms with van der Waals surface area (Å²) in [6.45, 7) is 5.35. The highest BCUT2D eigenvalue weighted by molar-refractivity contribution is 5.91. The van der Waals surface area contributed by atoms with Gasteiger partial charge in [0.2, 0.25) is 11.9 Å². The van der Waals surface area contributed by atoms with Crippen molar-refractivity contribution >= 4 is 23.6 Å². The van der Waals surface area contributed by atoms with Crippen molar-refractivity contribution in [2.75, 3.05) is 18.4 Å². The lowest BCUT2D eigenvalue weighted by Gasteiger charge is -2.31. The van der Waals surface area contributed by atoms with Crippen molar-refractivity contribution in [1.29, 1.82) is 0 Å². The minimum absolute atomic E-state index is 0.0267. The van der Waals surface area contributed by atoms with Crippen molar-refractivity contribution in [2.24, 2.45) is 7.05 Å². The first-order valence-corrected chi connectivity index (χ1v) is 10.5. The minimum atomic E-state index is 0.0267. The molecule has 0 bridgehead atoms. The van der Waals surface area contributed by atoms with Gasteiger partial charge >= 0.3 is 0 Å². The Labute approximate surface area is 182 Å². The Balaban J connectivity index is 1.38. The number of aryl methyl sites for hydroxylation is 3. The van der Waals surface area contributed by atoms with Crippen LogP contribution in [0.2, 0.25) is 0 Å². The highest BCUT2D eigenvalue weighted by Crippen LogP contribution is 2.27. The summed E-state index contributed by atoms with van der Waals surface area (Å²) in [4.78, 5) is 28.0. The summed E-state index contributed by atoms with van der Waals surface area (Å²) in [5, 5.41) is 7.33. The Morgan fingerprint density at radius 1 is 1.19 bits per heavy atom. The van der Waals surface area contributed by atoms with E-state index >= 15 is 0 Å². The fraction of sp³-hybridized carbons (Fsp3) is 0.348. The lowest BCUT2D eigenvalue weighted by molar-refractivity contribution is -0.127. The third-order valence-corrected chi connectivity index (χ3v) is 5.32. The predicted octanol–water partition coefficient (Wildman–Crippen LogP) is 3.38. The first-order valence-electron chi connectivity index (χ1n) is 10.5. The Hall–Kier alpha value is -3.55. The second-order valence-electron chi connectivity index (χ2n) is 7.98. The van der Waals surface area contributed by atoms with Crippen LogP contribution in [0.25, 0.3) is 6.08 Å². The van der Waals surface area contributed by atoms with E-state index in [1.54, 1.807) is 23.2 Å². The van der Waals surface area contributed by atoms with Gasteiger partial charge in [0.25, 0.3) is 0 Å². The molecule has 1 aliphatic heterocycles. The van der Waals surface area contributed by atoms with Crippen LogP contribution in [0, 0.1) is 13.8 Å². The zero-order chi connectivity index (χ0) is 21.8. The van der Waals surface area contributed by atoms with Crippen LogP contribution in [0.15, 0.2) is 42.9 Å². The van der Waals surface area contributed by atoms with Gasteiger partial charge in [0.1, 0.15) is 0 Å². The van der Waals surface area contributed by atoms with Crippen LogP contribution in [0.1, 0.15) is 41.4 Å². The van der Waals surface area contributed by atoms with Gasteiger partial charge < -0.3 is 10.2 Å². The van der Waals surface area contributed by atoms with Gasteiger partial charge in [-0.05, 0) is 51.0 Å². The molecule has 31 heavy (non-hydrogen) atoms. The summed E-state index contributed by atoms with van der Waals surface area (Å²) in [6.07, 6.45) is 10.9. The molecule has 8 nitrogen and oxygen atoms in total. The van der Waals surface area contributed by atoms with E-state index in [9.17, 15) is 4.79 Å². The van der Waals surface area contributed by atoms with Crippen molar-refractivity contribution in [3.05, 3.63) is 65.5 Å². The number of hydrogen-bond donors (Lipinski definition) is 1. The first-order chi connectivity index (χ1) is 15.0. The highest BCUT2D eigenvalue weighted by Gasteiger charge is 2.24. The van der Waals surface area contributed by atoms with Crippen molar-refractivity contribution in [3.8, 4) is 0 Å². The molecule has 1 atom stereocenters. The molecule has 1 N–H and O–H groups in total. The fourth-order valence-corrected chi connectivity index (χ4v) is 3.85. The number of carbonyl (C=O) groups excluding carboxylic acids is 1. The molecule has 1 saturated heterocycles. The van der Waals surface area contributed by atoms with Gasteiger partial charge in [-0.2, -0.15) is 5.10 Å². The predicted molar refractivity (Wildman–Crippen MR) is 120 cm³/mol. The number of rotatable bonds is 5. The average Bonchev–Trinajstić information content (AvgIpc) is 3.17. The van der Waals surface area contributed by atoms with Crippen LogP contribution in [-0.4, -0.2) is 48.6 Å². The van der Waals surface area contributed by atoms with E-state index < -0.39 is 0 Å².